The van der Waals surface area contributed by atoms with Gasteiger partial charge in [0.15, 0.2) is 0 Å². The van der Waals surface area contributed by atoms with E-state index in [0.717, 1.165) is 5.69 Å². The molecule has 1 rings (SSSR count). The Hall–Kier alpha value is -1.62. The van der Waals surface area contributed by atoms with Crippen molar-refractivity contribution in [3.63, 3.8) is 0 Å². The van der Waals surface area contributed by atoms with Crippen molar-refractivity contribution >= 4 is 11.8 Å². The molecule has 1 aromatic heterocycles. The van der Waals surface area contributed by atoms with Crippen LogP contribution in [-0.4, -0.2) is 47.6 Å². The molecule has 19 heavy (non-hydrogen) atoms. The summed E-state index contributed by atoms with van der Waals surface area (Å²) >= 11 is 0. The van der Waals surface area contributed by atoms with Crippen LogP contribution in [0.4, 0.5) is 5.82 Å². The lowest BCUT2D eigenvalue weighted by atomic mass is 10.0. The van der Waals surface area contributed by atoms with Gasteiger partial charge in [-0.1, -0.05) is 13.8 Å². The highest BCUT2D eigenvalue weighted by atomic mass is 16.4. The Bertz CT molecular complexity index is 436. The van der Waals surface area contributed by atoms with Crippen LogP contribution in [0.3, 0.4) is 0 Å². The van der Waals surface area contributed by atoms with Gasteiger partial charge < -0.3 is 15.3 Å². The molecule has 2 N–H and O–H groups in total. The maximum atomic E-state index is 11.2. The molecule has 0 spiro atoms. The summed E-state index contributed by atoms with van der Waals surface area (Å²) in [4.78, 5) is 17.6. The van der Waals surface area contributed by atoms with Crippen molar-refractivity contribution in [2.24, 2.45) is 5.92 Å². The number of hydrogen-bond donors (Lipinski definition) is 2. The average molecular weight is 265 g/mol. The first-order valence-corrected chi connectivity index (χ1v) is 6.44. The van der Waals surface area contributed by atoms with Crippen LogP contribution in [0.25, 0.3) is 0 Å². The first kappa shape index (κ1) is 15.4. The Morgan fingerprint density at radius 1 is 1.42 bits per heavy atom. The Labute approximate surface area is 114 Å². The zero-order valence-electron chi connectivity index (χ0n) is 12.3. The Morgan fingerprint density at radius 3 is 2.53 bits per heavy atom. The van der Waals surface area contributed by atoms with Crippen LogP contribution in [0.1, 0.15) is 29.9 Å². The summed E-state index contributed by atoms with van der Waals surface area (Å²) in [6, 6.07) is 3.62. The fourth-order valence-corrected chi connectivity index (χ4v) is 2.08. The van der Waals surface area contributed by atoms with Gasteiger partial charge in [0.2, 0.25) is 0 Å². The number of nitrogens with one attached hydrogen (secondary N) is 1. The molecule has 0 radical (unpaired) electrons. The quantitative estimate of drug-likeness (QED) is 0.824. The number of pyridine rings is 1. The van der Waals surface area contributed by atoms with Crippen molar-refractivity contribution in [1.82, 2.24) is 9.88 Å². The van der Waals surface area contributed by atoms with E-state index in [9.17, 15) is 4.79 Å². The van der Waals surface area contributed by atoms with Crippen molar-refractivity contribution in [2.45, 2.75) is 26.8 Å². The van der Waals surface area contributed by atoms with Gasteiger partial charge in [-0.2, -0.15) is 0 Å². The summed E-state index contributed by atoms with van der Waals surface area (Å²) < 4.78 is 0. The molecule has 0 saturated carbocycles. The van der Waals surface area contributed by atoms with E-state index in [1.165, 1.54) is 0 Å². The minimum atomic E-state index is -0.957. The number of aryl methyl sites for hydroxylation is 1. The van der Waals surface area contributed by atoms with Crippen molar-refractivity contribution < 1.29 is 9.90 Å². The van der Waals surface area contributed by atoms with E-state index in [0.29, 0.717) is 24.3 Å². The standard InChI is InChI=1S/C14H23N3O2/c1-9(2)12(17(4)5)8-15-13-11(14(18)19)7-6-10(3)16-13/h6-7,9,12H,8H2,1-5H3,(H,15,16)(H,18,19)/t12-/m0/s1. The number of hydrogen-bond acceptors (Lipinski definition) is 4. The van der Waals surface area contributed by atoms with Crippen LogP contribution in [0.5, 0.6) is 0 Å². The van der Waals surface area contributed by atoms with E-state index in [4.69, 9.17) is 5.11 Å². The van der Waals surface area contributed by atoms with Gasteiger partial charge in [-0.05, 0) is 39.1 Å². The zero-order valence-corrected chi connectivity index (χ0v) is 12.3. The van der Waals surface area contributed by atoms with Gasteiger partial charge in [0.25, 0.3) is 0 Å². The number of carboxylic acid groups (broad SMARTS) is 1. The predicted molar refractivity (Wildman–Crippen MR) is 76.7 cm³/mol. The molecule has 0 amide bonds. The number of anilines is 1. The summed E-state index contributed by atoms with van der Waals surface area (Å²) in [5, 5.41) is 12.3. The molecule has 1 aromatic rings. The maximum absolute atomic E-state index is 11.2. The van der Waals surface area contributed by atoms with Crippen LogP contribution in [0.2, 0.25) is 0 Å². The second-order valence-corrected chi connectivity index (χ2v) is 5.31. The number of carbonyl (C=O) groups is 1. The Morgan fingerprint density at radius 2 is 2.05 bits per heavy atom. The largest absolute Gasteiger partial charge is 0.478 e. The lowest BCUT2D eigenvalue weighted by molar-refractivity contribution is 0.0697. The Balaban J connectivity index is 2.87. The summed E-state index contributed by atoms with van der Waals surface area (Å²) in [5.74, 6) is -0.0402. The van der Waals surface area contributed by atoms with Crippen LogP contribution in [0, 0.1) is 12.8 Å². The third-order valence-corrected chi connectivity index (χ3v) is 3.18. The topological polar surface area (TPSA) is 65.5 Å². The molecule has 5 heteroatoms. The summed E-state index contributed by atoms with van der Waals surface area (Å²) in [6.45, 7) is 6.81. The smallest absolute Gasteiger partial charge is 0.339 e. The lowest BCUT2D eigenvalue weighted by Gasteiger charge is -2.28. The molecule has 1 heterocycles. The average Bonchev–Trinajstić information content (AvgIpc) is 2.27. The van der Waals surface area contributed by atoms with E-state index < -0.39 is 5.97 Å². The molecule has 0 aliphatic rings. The molecule has 5 nitrogen and oxygen atoms in total. The van der Waals surface area contributed by atoms with Crippen LogP contribution >= 0.6 is 0 Å². The first-order valence-electron chi connectivity index (χ1n) is 6.44. The molecular weight excluding hydrogens is 242 g/mol. The number of aromatic carboxylic acids is 1. The van der Waals surface area contributed by atoms with E-state index in [1.807, 2.05) is 21.0 Å². The number of rotatable bonds is 6. The van der Waals surface area contributed by atoms with Crippen LogP contribution < -0.4 is 5.32 Å². The highest BCUT2D eigenvalue weighted by molar-refractivity contribution is 5.93. The van der Waals surface area contributed by atoms with Gasteiger partial charge in [-0.25, -0.2) is 9.78 Å². The highest BCUT2D eigenvalue weighted by Crippen LogP contribution is 2.15. The normalized spacial score (nSPS) is 12.8. The third-order valence-electron chi connectivity index (χ3n) is 3.18. The minimum Gasteiger partial charge on any atom is -0.478 e. The van der Waals surface area contributed by atoms with Crippen molar-refractivity contribution in [1.29, 1.82) is 0 Å². The number of aromatic nitrogens is 1. The summed E-state index contributed by atoms with van der Waals surface area (Å²) in [7, 11) is 4.04. The van der Waals surface area contributed by atoms with E-state index >= 15 is 0 Å². The molecule has 0 unspecified atom stereocenters. The maximum Gasteiger partial charge on any atom is 0.339 e. The SMILES string of the molecule is Cc1ccc(C(=O)O)c(NC[C@@H](C(C)C)N(C)C)n1. The van der Waals surface area contributed by atoms with Crippen molar-refractivity contribution in [2.75, 3.05) is 26.0 Å². The molecule has 106 valence electrons. The lowest BCUT2D eigenvalue weighted by Crippen LogP contribution is -2.39. The van der Waals surface area contributed by atoms with Gasteiger partial charge >= 0.3 is 5.97 Å². The van der Waals surface area contributed by atoms with Gasteiger partial charge in [-0.3, -0.25) is 0 Å². The minimum absolute atomic E-state index is 0.215. The third kappa shape index (κ3) is 4.21. The van der Waals surface area contributed by atoms with Gasteiger partial charge in [0.05, 0.1) is 0 Å². The molecular formula is C14H23N3O2. The molecule has 0 fully saturated rings. The number of nitrogens with zero attached hydrogens (tertiary/aromatic N) is 2. The fourth-order valence-electron chi connectivity index (χ4n) is 2.08. The van der Waals surface area contributed by atoms with E-state index in [1.54, 1.807) is 12.1 Å². The van der Waals surface area contributed by atoms with Gasteiger partial charge in [-0.15, -0.1) is 0 Å². The number of likely N-dealkylation sites (N-methyl/N-ethyl adjacent to an activating group) is 1. The van der Waals surface area contributed by atoms with Crippen molar-refractivity contribution in [3.05, 3.63) is 23.4 Å². The predicted octanol–water partition coefficient (Wildman–Crippen LogP) is 2.09. The number of carboxylic acids is 1. The zero-order chi connectivity index (χ0) is 14.6. The highest BCUT2D eigenvalue weighted by Gasteiger charge is 2.17. The van der Waals surface area contributed by atoms with Crippen LogP contribution in [-0.2, 0) is 0 Å². The van der Waals surface area contributed by atoms with Gasteiger partial charge in [0.1, 0.15) is 11.4 Å². The fraction of sp³-hybridized carbons (Fsp3) is 0.571. The van der Waals surface area contributed by atoms with Crippen molar-refractivity contribution in [3.8, 4) is 0 Å². The molecule has 0 bridgehead atoms. The van der Waals surface area contributed by atoms with Gasteiger partial charge in [0, 0.05) is 18.3 Å². The monoisotopic (exact) mass is 265 g/mol. The molecule has 0 aliphatic heterocycles. The summed E-state index contributed by atoms with van der Waals surface area (Å²) in [6.07, 6.45) is 0. The molecule has 0 saturated heterocycles. The summed E-state index contributed by atoms with van der Waals surface area (Å²) in [5.41, 5.74) is 1.02. The molecule has 0 aromatic carbocycles. The second kappa shape index (κ2) is 6.52. The Kier molecular flexibility index (Phi) is 5.30. The van der Waals surface area contributed by atoms with Crippen LogP contribution in [0.15, 0.2) is 12.1 Å². The molecule has 0 aliphatic carbocycles. The van der Waals surface area contributed by atoms with E-state index in [2.05, 4.69) is 29.0 Å². The molecule has 1 atom stereocenters. The second-order valence-electron chi connectivity index (χ2n) is 5.31. The van der Waals surface area contributed by atoms with E-state index in [-0.39, 0.29) is 5.56 Å². The first-order chi connectivity index (χ1) is 8.82.